The number of benzene rings is 2. The molecule has 0 saturated carbocycles. The Balaban J connectivity index is 1.55. The minimum Gasteiger partial charge on any atom is -0.503 e. The van der Waals surface area contributed by atoms with Crippen molar-refractivity contribution in [1.29, 1.82) is 0 Å². The van der Waals surface area contributed by atoms with E-state index in [9.17, 15) is 14.7 Å². The van der Waals surface area contributed by atoms with Gasteiger partial charge in [-0.3, -0.25) is 19.5 Å². The lowest BCUT2D eigenvalue weighted by Crippen LogP contribution is -2.31. The monoisotopic (exact) mass is 489 g/mol. The topological polar surface area (TPSA) is 83.4 Å². The molecule has 1 amide bonds. The summed E-state index contributed by atoms with van der Waals surface area (Å²) in [5, 5.41) is 11.8. The number of carbonyl (C=O) groups excluding carboxylic acids is 2. The number of aliphatic hydroxyl groups excluding tert-OH is 1. The molecule has 5 rings (SSSR count). The average molecular weight is 490 g/mol. The van der Waals surface area contributed by atoms with Crippen molar-refractivity contribution in [3.05, 3.63) is 100 Å². The molecule has 2 aromatic heterocycles. The number of Topliss-reactive ketones (excluding diaryl/α,β-unsaturated/α-hetero) is 1. The van der Waals surface area contributed by atoms with E-state index in [1.807, 2.05) is 43.3 Å². The molecular formula is C26H20ClN3O3S. The quantitative estimate of drug-likeness (QED) is 0.372. The number of aryl methyl sites for hydroxylation is 2. The molecule has 0 aliphatic carbocycles. The van der Waals surface area contributed by atoms with Crippen molar-refractivity contribution < 1.29 is 14.7 Å². The van der Waals surface area contributed by atoms with Crippen LogP contribution in [0, 0.1) is 6.92 Å². The van der Waals surface area contributed by atoms with Crippen LogP contribution in [0.15, 0.2) is 78.3 Å². The number of pyridine rings is 1. The van der Waals surface area contributed by atoms with E-state index in [1.165, 1.54) is 16.2 Å². The van der Waals surface area contributed by atoms with E-state index in [2.05, 4.69) is 9.97 Å². The number of anilines is 1. The number of carbonyl (C=O) groups is 2. The number of thiazole rings is 1. The zero-order chi connectivity index (χ0) is 23.8. The van der Waals surface area contributed by atoms with Crippen molar-refractivity contribution >= 4 is 50.0 Å². The molecule has 1 N–H and O–H groups in total. The van der Waals surface area contributed by atoms with E-state index in [0.29, 0.717) is 27.7 Å². The van der Waals surface area contributed by atoms with Crippen molar-refractivity contribution in [2.75, 3.05) is 4.90 Å². The summed E-state index contributed by atoms with van der Waals surface area (Å²) in [6, 6.07) is 16.0. The number of nitrogens with zero attached hydrogens (tertiary/aromatic N) is 3. The molecule has 0 saturated heterocycles. The maximum atomic E-state index is 13.3. The molecule has 4 aromatic rings. The zero-order valence-corrected chi connectivity index (χ0v) is 19.8. The Bertz CT molecular complexity index is 1390. The third kappa shape index (κ3) is 3.97. The van der Waals surface area contributed by atoms with Gasteiger partial charge in [-0.25, -0.2) is 4.98 Å². The molecule has 170 valence electrons. The number of amides is 1. The Morgan fingerprint density at radius 2 is 1.97 bits per heavy atom. The molecule has 8 heteroatoms. The smallest absolute Gasteiger partial charge is 0.296 e. The molecule has 0 fully saturated rings. The molecule has 0 radical (unpaired) electrons. The number of halogens is 1. The first-order valence-corrected chi connectivity index (χ1v) is 11.9. The average Bonchev–Trinajstić information content (AvgIpc) is 3.36. The van der Waals surface area contributed by atoms with Gasteiger partial charge in [0.15, 0.2) is 16.7 Å². The van der Waals surface area contributed by atoms with E-state index in [1.54, 1.807) is 30.6 Å². The summed E-state index contributed by atoms with van der Waals surface area (Å²) in [5.74, 6) is -1.48. The third-order valence-electron chi connectivity index (χ3n) is 5.86. The van der Waals surface area contributed by atoms with Gasteiger partial charge in [-0.05, 0) is 48.2 Å². The lowest BCUT2D eigenvalue weighted by atomic mass is 9.94. The standard InChI is InChI=1S/C26H20ClN3O3S/c1-15-12-21-19(13-18(15)27)29-26(34-21)30-23(17-8-5-11-28-14-17)22(24(32)25(30)33)20(31)10-9-16-6-3-2-4-7-16/h2-8,11-14,23,32H,9-10H2,1H3. The Labute approximate surface area is 205 Å². The fourth-order valence-corrected chi connectivity index (χ4v) is 5.35. The SMILES string of the molecule is Cc1cc2sc(N3C(=O)C(O)=C(C(=O)CCc4ccccc4)C3c3cccnc3)nc2cc1Cl. The van der Waals surface area contributed by atoms with Crippen LogP contribution in [0.25, 0.3) is 10.2 Å². The van der Waals surface area contributed by atoms with Gasteiger partial charge >= 0.3 is 0 Å². The summed E-state index contributed by atoms with van der Waals surface area (Å²) in [7, 11) is 0. The molecule has 3 heterocycles. The van der Waals surface area contributed by atoms with Crippen LogP contribution in [-0.4, -0.2) is 26.8 Å². The van der Waals surface area contributed by atoms with Crippen LogP contribution in [-0.2, 0) is 16.0 Å². The van der Waals surface area contributed by atoms with Crippen molar-refractivity contribution in [3.8, 4) is 0 Å². The van der Waals surface area contributed by atoms with Crippen molar-refractivity contribution in [2.45, 2.75) is 25.8 Å². The van der Waals surface area contributed by atoms with Gasteiger partial charge in [0.05, 0.1) is 21.8 Å². The first-order valence-electron chi connectivity index (χ1n) is 10.7. The molecule has 1 aliphatic rings. The Kier molecular flexibility index (Phi) is 5.89. The summed E-state index contributed by atoms with van der Waals surface area (Å²) in [6.07, 6.45) is 3.88. The highest BCUT2D eigenvalue weighted by Gasteiger charge is 2.45. The highest BCUT2D eigenvalue weighted by Crippen LogP contribution is 2.44. The molecule has 1 atom stereocenters. The minimum absolute atomic E-state index is 0.0717. The molecule has 34 heavy (non-hydrogen) atoms. The van der Waals surface area contributed by atoms with Gasteiger partial charge in [-0.15, -0.1) is 0 Å². The maximum Gasteiger partial charge on any atom is 0.296 e. The van der Waals surface area contributed by atoms with Crippen LogP contribution in [0.1, 0.15) is 29.2 Å². The summed E-state index contributed by atoms with van der Waals surface area (Å²) in [6.45, 7) is 1.90. The second-order valence-corrected chi connectivity index (χ2v) is 9.52. The summed E-state index contributed by atoms with van der Waals surface area (Å²) in [5.41, 5.74) is 3.25. The lowest BCUT2D eigenvalue weighted by Gasteiger charge is -2.24. The van der Waals surface area contributed by atoms with Crippen molar-refractivity contribution in [1.82, 2.24) is 9.97 Å². The van der Waals surface area contributed by atoms with Gasteiger partial charge in [-0.2, -0.15) is 0 Å². The van der Waals surface area contributed by atoms with Crippen molar-refractivity contribution in [2.24, 2.45) is 0 Å². The normalized spacial score (nSPS) is 16.0. The number of ketones is 1. The molecule has 1 unspecified atom stereocenters. The van der Waals surface area contributed by atoms with Crippen molar-refractivity contribution in [3.63, 3.8) is 0 Å². The summed E-state index contributed by atoms with van der Waals surface area (Å²) < 4.78 is 0.859. The number of fused-ring (bicyclic) bond motifs is 1. The number of hydrogen-bond donors (Lipinski definition) is 1. The first kappa shape index (κ1) is 22.3. The fourth-order valence-electron chi connectivity index (χ4n) is 4.12. The molecule has 0 spiro atoms. The van der Waals surface area contributed by atoms with Gasteiger partial charge in [-0.1, -0.05) is 59.3 Å². The number of hydrogen-bond acceptors (Lipinski definition) is 6. The Morgan fingerprint density at radius 1 is 1.18 bits per heavy atom. The Hall–Kier alpha value is -3.55. The molecule has 1 aliphatic heterocycles. The number of aliphatic hydroxyl groups is 1. The van der Waals surface area contributed by atoms with Gasteiger partial charge < -0.3 is 5.11 Å². The third-order valence-corrected chi connectivity index (χ3v) is 7.28. The Morgan fingerprint density at radius 3 is 2.71 bits per heavy atom. The van der Waals surface area contributed by atoms with Gasteiger partial charge in [0.2, 0.25) is 0 Å². The van der Waals surface area contributed by atoms with Crippen LogP contribution in [0.3, 0.4) is 0 Å². The largest absolute Gasteiger partial charge is 0.503 e. The van der Waals surface area contributed by atoms with Gasteiger partial charge in [0.1, 0.15) is 0 Å². The molecular weight excluding hydrogens is 470 g/mol. The zero-order valence-electron chi connectivity index (χ0n) is 18.2. The summed E-state index contributed by atoms with van der Waals surface area (Å²) >= 11 is 7.58. The molecule has 2 aromatic carbocycles. The fraction of sp³-hybridized carbons (Fsp3) is 0.154. The van der Waals surface area contributed by atoms with Gasteiger partial charge in [0, 0.05) is 23.8 Å². The molecule has 0 bridgehead atoms. The number of rotatable bonds is 6. The minimum atomic E-state index is -0.818. The first-order chi connectivity index (χ1) is 16.4. The van der Waals surface area contributed by atoms with E-state index < -0.39 is 17.7 Å². The van der Waals surface area contributed by atoms with Crippen LogP contribution < -0.4 is 4.90 Å². The predicted molar refractivity (Wildman–Crippen MR) is 133 cm³/mol. The highest BCUT2D eigenvalue weighted by atomic mass is 35.5. The maximum absolute atomic E-state index is 13.3. The molecule has 6 nitrogen and oxygen atoms in total. The number of aromatic nitrogens is 2. The summed E-state index contributed by atoms with van der Waals surface area (Å²) in [4.78, 5) is 36.8. The lowest BCUT2D eigenvalue weighted by molar-refractivity contribution is -0.118. The van der Waals surface area contributed by atoms with E-state index in [4.69, 9.17) is 11.6 Å². The second-order valence-electron chi connectivity index (χ2n) is 8.10. The van der Waals surface area contributed by atoms with E-state index in [0.717, 1.165) is 15.8 Å². The van der Waals surface area contributed by atoms with Crippen LogP contribution in [0.4, 0.5) is 5.13 Å². The van der Waals surface area contributed by atoms with E-state index >= 15 is 0 Å². The van der Waals surface area contributed by atoms with Crippen LogP contribution in [0.2, 0.25) is 5.02 Å². The van der Waals surface area contributed by atoms with E-state index in [-0.39, 0.29) is 17.8 Å². The highest BCUT2D eigenvalue weighted by molar-refractivity contribution is 7.22. The van der Waals surface area contributed by atoms with Crippen LogP contribution in [0.5, 0.6) is 0 Å². The van der Waals surface area contributed by atoms with Crippen LogP contribution >= 0.6 is 22.9 Å². The second kappa shape index (κ2) is 9.00. The predicted octanol–water partition coefficient (Wildman–Crippen LogP) is 5.76. The van der Waals surface area contributed by atoms with Gasteiger partial charge in [0.25, 0.3) is 5.91 Å².